The summed E-state index contributed by atoms with van der Waals surface area (Å²) in [6.07, 6.45) is 6.05. The van der Waals surface area contributed by atoms with Crippen molar-refractivity contribution < 1.29 is 14.4 Å². The van der Waals surface area contributed by atoms with E-state index in [4.69, 9.17) is 0 Å². The number of ketones is 1. The predicted octanol–water partition coefficient (Wildman–Crippen LogP) is 4.41. The molecular weight excluding hydrogens is 394 g/mol. The second kappa shape index (κ2) is 7.08. The molecule has 1 amide bonds. The Kier molecular flexibility index (Phi) is 4.73. The molecule has 3 aliphatic carbocycles. The lowest BCUT2D eigenvalue weighted by atomic mass is 9.47. The van der Waals surface area contributed by atoms with Crippen molar-refractivity contribution in [2.24, 2.45) is 28.6 Å². The molecule has 1 unspecified atom stereocenters. The fourth-order valence-corrected chi connectivity index (χ4v) is 8.14. The molecule has 4 nitrogen and oxygen atoms in total. The number of hydrogen-bond acceptors (Lipinski definition) is 4. The fourth-order valence-electron chi connectivity index (χ4n) is 6.79. The van der Waals surface area contributed by atoms with Crippen LogP contribution in [0.25, 0.3) is 0 Å². The Balaban J connectivity index is 1.53. The summed E-state index contributed by atoms with van der Waals surface area (Å²) in [5.74, 6) is 1.36. The smallest absolute Gasteiger partial charge is 0.226 e. The third-order valence-electron chi connectivity index (χ3n) is 8.62. The second-order valence-corrected chi connectivity index (χ2v) is 11.2. The van der Waals surface area contributed by atoms with E-state index in [0.717, 1.165) is 31.2 Å². The number of thioether (sulfide) groups is 1. The molecule has 30 heavy (non-hydrogen) atoms. The summed E-state index contributed by atoms with van der Waals surface area (Å²) >= 11 is 1.43. The molecule has 1 aromatic rings. The highest BCUT2D eigenvalue weighted by Gasteiger charge is 2.62. The van der Waals surface area contributed by atoms with Crippen LogP contribution < -0.4 is 5.32 Å². The zero-order valence-corrected chi connectivity index (χ0v) is 18.5. The Morgan fingerprint density at radius 2 is 1.83 bits per heavy atom. The van der Waals surface area contributed by atoms with Crippen LogP contribution in [0.5, 0.6) is 0 Å². The minimum absolute atomic E-state index is 0.0123. The van der Waals surface area contributed by atoms with Gasteiger partial charge < -0.3 is 5.32 Å². The molecule has 0 aromatic heterocycles. The first kappa shape index (κ1) is 20.0. The first-order valence-electron chi connectivity index (χ1n) is 11.1. The van der Waals surface area contributed by atoms with Crippen LogP contribution in [0.1, 0.15) is 56.3 Å². The third-order valence-corrected chi connectivity index (χ3v) is 9.85. The van der Waals surface area contributed by atoms with Gasteiger partial charge in [-0.05, 0) is 54.9 Å². The molecule has 1 heterocycles. The van der Waals surface area contributed by atoms with Crippen LogP contribution in [0.15, 0.2) is 42.0 Å². The van der Waals surface area contributed by atoms with Crippen molar-refractivity contribution in [3.05, 3.63) is 47.5 Å². The summed E-state index contributed by atoms with van der Waals surface area (Å²) in [5, 5.41) is 3.33. The van der Waals surface area contributed by atoms with Gasteiger partial charge in [0.1, 0.15) is 0 Å². The van der Waals surface area contributed by atoms with Crippen LogP contribution in [0, 0.1) is 28.6 Å². The van der Waals surface area contributed by atoms with Gasteiger partial charge in [0.2, 0.25) is 11.0 Å². The molecule has 1 aromatic carbocycles. The molecule has 5 heteroatoms. The van der Waals surface area contributed by atoms with Gasteiger partial charge in [0.15, 0.2) is 5.78 Å². The van der Waals surface area contributed by atoms with Crippen LogP contribution >= 0.6 is 11.8 Å². The molecule has 3 fully saturated rings. The number of amides is 1. The fraction of sp³-hybridized carbons (Fsp3) is 0.560. The van der Waals surface area contributed by atoms with E-state index in [9.17, 15) is 14.4 Å². The van der Waals surface area contributed by atoms with Crippen molar-refractivity contribution in [2.45, 2.75) is 51.2 Å². The van der Waals surface area contributed by atoms with E-state index in [-0.39, 0.29) is 38.8 Å². The number of benzene rings is 1. The van der Waals surface area contributed by atoms with Crippen molar-refractivity contribution >= 4 is 28.6 Å². The average molecular weight is 424 g/mol. The lowest BCUT2D eigenvalue weighted by Crippen LogP contribution is -2.55. The topological polar surface area (TPSA) is 63.2 Å². The summed E-state index contributed by atoms with van der Waals surface area (Å²) in [6, 6.07) is 9.45. The van der Waals surface area contributed by atoms with Gasteiger partial charge in [0.05, 0.1) is 5.41 Å². The van der Waals surface area contributed by atoms with Crippen molar-refractivity contribution in [1.82, 2.24) is 5.32 Å². The van der Waals surface area contributed by atoms with Crippen LogP contribution in [0.3, 0.4) is 0 Å². The molecule has 1 aliphatic heterocycles. The predicted molar refractivity (Wildman–Crippen MR) is 118 cm³/mol. The molecule has 5 rings (SSSR count). The van der Waals surface area contributed by atoms with E-state index in [0.29, 0.717) is 24.8 Å². The molecule has 6 atom stereocenters. The standard InChI is InChI=1S/C25H29NO3S/c1-24-10-8-17(27)12-16(24)13-20(30-22(28)15-6-4-3-5-7-15)21-18(24)9-11-25(2)19(21)14-26-23(25)29/h3-7,12,18-21H,8-11,13-14H2,1-2H3,(H,26,29)/t18-,19+,20?,21-,24+,25+/m1/s1. The van der Waals surface area contributed by atoms with Crippen LogP contribution in [-0.4, -0.2) is 28.6 Å². The van der Waals surface area contributed by atoms with Crippen molar-refractivity contribution in [1.29, 1.82) is 0 Å². The number of allylic oxidation sites excluding steroid dienone is 2. The van der Waals surface area contributed by atoms with Gasteiger partial charge in [0.25, 0.3) is 0 Å². The zero-order chi connectivity index (χ0) is 21.1. The van der Waals surface area contributed by atoms with Crippen molar-refractivity contribution in [2.75, 3.05) is 6.54 Å². The van der Waals surface area contributed by atoms with E-state index in [1.54, 1.807) is 0 Å². The van der Waals surface area contributed by atoms with Gasteiger partial charge in [0, 0.05) is 23.8 Å². The van der Waals surface area contributed by atoms with Crippen molar-refractivity contribution in [3.8, 4) is 0 Å². The highest BCUT2D eigenvalue weighted by atomic mass is 32.2. The molecule has 1 saturated heterocycles. The molecule has 0 spiro atoms. The first-order chi connectivity index (χ1) is 14.3. The summed E-state index contributed by atoms with van der Waals surface area (Å²) in [4.78, 5) is 38.1. The normalized spacial score (nSPS) is 40.0. The molecule has 0 radical (unpaired) electrons. The largest absolute Gasteiger partial charge is 0.355 e. The van der Waals surface area contributed by atoms with Gasteiger partial charge in [-0.25, -0.2) is 0 Å². The van der Waals surface area contributed by atoms with E-state index in [1.165, 1.54) is 17.3 Å². The number of hydrogen-bond donors (Lipinski definition) is 1. The summed E-state index contributed by atoms with van der Waals surface area (Å²) in [5.41, 5.74) is 1.63. The molecule has 1 N–H and O–H groups in total. The molecule has 4 aliphatic rings. The summed E-state index contributed by atoms with van der Waals surface area (Å²) in [6.45, 7) is 5.16. The molecule has 2 saturated carbocycles. The number of carbonyl (C=O) groups excluding carboxylic acids is 3. The maximum absolute atomic E-state index is 13.1. The van der Waals surface area contributed by atoms with Gasteiger partial charge in [-0.2, -0.15) is 0 Å². The van der Waals surface area contributed by atoms with Crippen LogP contribution in [0.2, 0.25) is 0 Å². The zero-order valence-electron chi connectivity index (χ0n) is 17.6. The van der Waals surface area contributed by atoms with Crippen LogP contribution in [-0.2, 0) is 9.59 Å². The number of fused-ring (bicyclic) bond motifs is 5. The lowest BCUT2D eigenvalue weighted by Gasteiger charge is -2.58. The van der Waals surface area contributed by atoms with E-state index >= 15 is 0 Å². The van der Waals surface area contributed by atoms with Gasteiger partial charge >= 0.3 is 0 Å². The minimum Gasteiger partial charge on any atom is -0.355 e. The Hall–Kier alpha value is -1.88. The highest BCUT2D eigenvalue weighted by Crippen LogP contribution is 2.64. The van der Waals surface area contributed by atoms with Crippen LogP contribution in [0.4, 0.5) is 0 Å². The van der Waals surface area contributed by atoms with E-state index in [2.05, 4.69) is 19.2 Å². The second-order valence-electron chi connectivity index (χ2n) is 10.0. The van der Waals surface area contributed by atoms with Gasteiger partial charge in [-0.1, -0.05) is 61.5 Å². The minimum atomic E-state index is -0.335. The summed E-state index contributed by atoms with van der Waals surface area (Å²) in [7, 11) is 0. The molecule has 158 valence electrons. The van der Waals surface area contributed by atoms with E-state index in [1.807, 2.05) is 36.4 Å². The quantitative estimate of drug-likeness (QED) is 0.766. The van der Waals surface area contributed by atoms with Gasteiger partial charge in [-0.15, -0.1) is 0 Å². The van der Waals surface area contributed by atoms with E-state index < -0.39 is 0 Å². The first-order valence-corrected chi connectivity index (χ1v) is 12.0. The average Bonchev–Trinajstić information content (AvgIpc) is 3.04. The van der Waals surface area contributed by atoms with Gasteiger partial charge in [-0.3, -0.25) is 14.4 Å². The Labute approximate surface area is 182 Å². The Morgan fingerprint density at radius 1 is 1.07 bits per heavy atom. The molecular formula is C25H29NO3S. The summed E-state index contributed by atoms with van der Waals surface area (Å²) < 4.78 is 0. The monoisotopic (exact) mass is 423 g/mol. The third kappa shape index (κ3) is 2.92. The maximum Gasteiger partial charge on any atom is 0.226 e. The Bertz CT molecular complexity index is 941. The lowest BCUT2D eigenvalue weighted by molar-refractivity contribution is -0.133. The number of nitrogens with one attached hydrogen (secondary N) is 1. The maximum atomic E-state index is 13.1. The Morgan fingerprint density at radius 3 is 2.60 bits per heavy atom. The number of carbonyl (C=O) groups is 3. The van der Waals surface area contributed by atoms with Crippen molar-refractivity contribution in [3.63, 3.8) is 0 Å². The number of rotatable bonds is 2. The SMILES string of the molecule is C[C@]12CCC(=O)C=C1CC(SC(=O)c1ccccc1)[C@@H]1[C@H]2CC[C@]2(C)C(=O)NC[C@@H]12. The molecule has 0 bridgehead atoms. The highest BCUT2D eigenvalue weighted by molar-refractivity contribution is 8.14.